The molecule has 7 nitrogen and oxygen atoms in total. The molecule has 2 aromatic heterocycles. The third-order valence-corrected chi connectivity index (χ3v) is 6.48. The van der Waals surface area contributed by atoms with Crippen molar-refractivity contribution in [1.82, 2.24) is 15.3 Å². The van der Waals surface area contributed by atoms with Crippen molar-refractivity contribution in [3.8, 4) is 0 Å². The zero-order valence-corrected chi connectivity index (χ0v) is 19.7. The van der Waals surface area contributed by atoms with Gasteiger partial charge < -0.3 is 24.9 Å². The number of piperidine rings is 2. The Kier molecular flexibility index (Phi) is 6.95. The Bertz CT molecular complexity index is 892. The summed E-state index contributed by atoms with van der Waals surface area (Å²) >= 11 is 5.50. The first-order valence-corrected chi connectivity index (χ1v) is 11.9. The molecule has 0 amide bonds. The summed E-state index contributed by atoms with van der Waals surface area (Å²) in [5.41, 5.74) is 0. The van der Waals surface area contributed by atoms with Gasteiger partial charge in [0.25, 0.3) is 0 Å². The maximum Gasteiger partial charge on any atom is 0.232 e. The van der Waals surface area contributed by atoms with Crippen LogP contribution in [0.25, 0.3) is 0 Å². The van der Waals surface area contributed by atoms with Crippen LogP contribution in [0.2, 0.25) is 0 Å². The quantitative estimate of drug-likeness (QED) is 0.663. The van der Waals surface area contributed by atoms with Gasteiger partial charge in [0.2, 0.25) is 5.95 Å². The predicted molar refractivity (Wildman–Crippen MR) is 130 cm³/mol. The van der Waals surface area contributed by atoms with Crippen LogP contribution in [-0.2, 0) is 6.54 Å². The molecular formula is C23H34N6OS. The van der Waals surface area contributed by atoms with Gasteiger partial charge in [-0.15, -0.1) is 0 Å². The van der Waals surface area contributed by atoms with E-state index in [0.717, 1.165) is 55.3 Å². The lowest BCUT2D eigenvalue weighted by Crippen LogP contribution is -2.37. The number of anilines is 3. The highest BCUT2D eigenvalue weighted by Crippen LogP contribution is 2.28. The molecule has 0 radical (unpaired) electrons. The van der Waals surface area contributed by atoms with E-state index in [1.165, 1.54) is 25.7 Å². The summed E-state index contributed by atoms with van der Waals surface area (Å²) in [6, 6.07) is 6.06. The second-order valence-corrected chi connectivity index (χ2v) is 9.50. The number of furan rings is 1. The second-order valence-electron chi connectivity index (χ2n) is 9.09. The molecule has 0 spiro atoms. The predicted octanol–water partition coefficient (Wildman–Crippen LogP) is 4.34. The first-order valence-electron chi connectivity index (χ1n) is 11.5. The van der Waals surface area contributed by atoms with E-state index >= 15 is 0 Å². The summed E-state index contributed by atoms with van der Waals surface area (Å²) in [4.78, 5) is 14.4. The van der Waals surface area contributed by atoms with Crippen molar-refractivity contribution in [3.05, 3.63) is 29.7 Å². The number of hydrogen-bond donors (Lipinski definition) is 2. The molecule has 1 unspecified atom stereocenters. The lowest BCUT2D eigenvalue weighted by atomic mass is 9.99. The molecule has 2 aliphatic rings. The Morgan fingerprint density at radius 1 is 1.06 bits per heavy atom. The molecule has 168 valence electrons. The summed E-state index contributed by atoms with van der Waals surface area (Å²) in [6.45, 7) is 11.3. The smallest absolute Gasteiger partial charge is 0.232 e. The molecule has 0 aromatic carbocycles. The van der Waals surface area contributed by atoms with Gasteiger partial charge in [0, 0.05) is 32.2 Å². The number of aromatic nitrogens is 2. The lowest BCUT2D eigenvalue weighted by Gasteiger charge is -2.34. The fourth-order valence-electron chi connectivity index (χ4n) is 4.33. The van der Waals surface area contributed by atoms with E-state index in [2.05, 4.69) is 40.3 Å². The molecule has 2 fully saturated rings. The van der Waals surface area contributed by atoms with Crippen molar-refractivity contribution in [2.75, 3.05) is 41.3 Å². The van der Waals surface area contributed by atoms with Crippen LogP contribution in [0.1, 0.15) is 51.1 Å². The Hall–Kier alpha value is -2.35. The zero-order valence-electron chi connectivity index (χ0n) is 18.9. The lowest BCUT2D eigenvalue weighted by molar-refractivity contribution is 0.435. The molecule has 0 bridgehead atoms. The Labute approximate surface area is 190 Å². The number of nitrogens with one attached hydrogen (secondary N) is 2. The van der Waals surface area contributed by atoms with Gasteiger partial charge in [0.1, 0.15) is 23.2 Å². The molecular weight excluding hydrogens is 408 g/mol. The van der Waals surface area contributed by atoms with Crippen LogP contribution in [0.3, 0.4) is 0 Å². The number of rotatable bonds is 5. The van der Waals surface area contributed by atoms with E-state index in [9.17, 15) is 0 Å². The third kappa shape index (κ3) is 5.87. The summed E-state index contributed by atoms with van der Waals surface area (Å²) in [6.07, 6.45) is 4.88. The van der Waals surface area contributed by atoms with Gasteiger partial charge >= 0.3 is 0 Å². The van der Waals surface area contributed by atoms with Gasteiger partial charge in [0.15, 0.2) is 5.11 Å². The first kappa shape index (κ1) is 21.9. The van der Waals surface area contributed by atoms with E-state index < -0.39 is 0 Å². The Balaban J connectivity index is 1.49. The molecule has 2 aromatic rings. The third-order valence-electron chi connectivity index (χ3n) is 6.23. The first-order chi connectivity index (χ1) is 15.0. The minimum atomic E-state index is 0.497. The van der Waals surface area contributed by atoms with E-state index in [-0.39, 0.29) is 0 Å². The zero-order chi connectivity index (χ0) is 21.8. The van der Waals surface area contributed by atoms with Crippen molar-refractivity contribution in [3.63, 3.8) is 0 Å². The van der Waals surface area contributed by atoms with Crippen molar-refractivity contribution in [1.29, 1.82) is 0 Å². The highest BCUT2D eigenvalue weighted by Gasteiger charge is 2.22. The van der Waals surface area contributed by atoms with Gasteiger partial charge in [-0.25, -0.2) is 0 Å². The van der Waals surface area contributed by atoms with Gasteiger partial charge in [-0.05, 0) is 68.8 Å². The fraction of sp³-hybridized carbons (Fsp3) is 0.609. The average molecular weight is 443 g/mol. The van der Waals surface area contributed by atoms with Gasteiger partial charge in [-0.3, -0.25) is 0 Å². The fourth-order valence-corrected chi connectivity index (χ4v) is 4.49. The maximum absolute atomic E-state index is 5.61. The average Bonchev–Trinajstić information content (AvgIpc) is 3.18. The van der Waals surface area contributed by atoms with Crippen molar-refractivity contribution >= 4 is 34.9 Å². The van der Waals surface area contributed by atoms with Crippen LogP contribution in [0.5, 0.6) is 0 Å². The van der Waals surface area contributed by atoms with Crippen molar-refractivity contribution in [2.24, 2.45) is 11.8 Å². The van der Waals surface area contributed by atoms with Gasteiger partial charge in [-0.2, -0.15) is 9.97 Å². The number of hydrogen-bond acceptors (Lipinski definition) is 6. The molecule has 0 aliphatic carbocycles. The summed E-state index contributed by atoms with van der Waals surface area (Å²) < 4.78 is 5.61. The number of nitrogens with zero attached hydrogens (tertiary/aromatic N) is 4. The molecule has 2 saturated heterocycles. The molecule has 4 rings (SSSR count). The van der Waals surface area contributed by atoms with E-state index in [0.29, 0.717) is 23.5 Å². The SMILES string of the molecule is Cc1ccc(CNC(=S)Nc2nc(N3CCC(C)CC3)cc(N3CCCC(C)C3)n2)o1. The van der Waals surface area contributed by atoms with Crippen LogP contribution in [-0.4, -0.2) is 41.3 Å². The highest BCUT2D eigenvalue weighted by molar-refractivity contribution is 7.80. The van der Waals surface area contributed by atoms with E-state index in [1.807, 2.05) is 19.1 Å². The standard InChI is InChI=1S/C23H34N6OS/c1-16-8-11-28(12-9-16)20-13-21(29-10-4-5-17(2)15-29)26-22(25-20)27-23(31)24-14-19-7-6-18(3)30-19/h6-7,13,16-17H,4-5,8-12,14-15H2,1-3H3,(H2,24,25,26,27,31). The molecule has 4 heterocycles. The molecule has 2 N–H and O–H groups in total. The maximum atomic E-state index is 5.61. The Morgan fingerprint density at radius 3 is 2.48 bits per heavy atom. The molecule has 0 saturated carbocycles. The molecule has 1 atom stereocenters. The van der Waals surface area contributed by atoms with Gasteiger partial charge in [0.05, 0.1) is 6.54 Å². The van der Waals surface area contributed by atoms with Crippen LogP contribution in [0.15, 0.2) is 22.6 Å². The van der Waals surface area contributed by atoms with E-state index in [4.69, 9.17) is 26.6 Å². The van der Waals surface area contributed by atoms with Crippen LogP contribution in [0, 0.1) is 18.8 Å². The molecule has 2 aliphatic heterocycles. The largest absolute Gasteiger partial charge is 0.465 e. The minimum Gasteiger partial charge on any atom is -0.465 e. The van der Waals surface area contributed by atoms with E-state index in [1.54, 1.807) is 0 Å². The van der Waals surface area contributed by atoms with Crippen LogP contribution in [0.4, 0.5) is 17.6 Å². The second kappa shape index (κ2) is 9.85. The summed E-state index contributed by atoms with van der Waals surface area (Å²) in [7, 11) is 0. The topological polar surface area (TPSA) is 69.5 Å². The normalized spacial score (nSPS) is 20.0. The monoisotopic (exact) mass is 442 g/mol. The number of thiocarbonyl (C=S) groups is 1. The van der Waals surface area contributed by atoms with Gasteiger partial charge in [-0.1, -0.05) is 13.8 Å². The van der Waals surface area contributed by atoms with Crippen LogP contribution < -0.4 is 20.4 Å². The van der Waals surface area contributed by atoms with Crippen molar-refractivity contribution < 1.29 is 4.42 Å². The molecule has 31 heavy (non-hydrogen) atoms. The van der Waals surface area contributed by atoms with Crippen LogP contribution >= 0.6 is 12.2 Å². The number of aryl methyl sites for hydroxylation is 1. The van der Waals surface area contributed by atoms with Crippen molar-refractivity contribution in [2.45, 2.75) is 53.0 Å². The highest BCUT2D eigenvalue weighted by atomic mass is 32.1. The summed E-state index contributed by atoms with van der Waals surface area (Å²) in [5, 5.41) is 6.89. The molecule has 8 heteroatoms. The minimum absolute atomic E-state index is 0.497. The Morgan fingerprint density at radius 2 is 1.81 bits per heavy atom. The summed E-state index contributed by atoms with van der Waals surface area (Å²) in [5.74, 6) is 5.73.